The van der Waals surface area contributed by atoms with Gasteiger partial charge in [0.25, 0.3) is 0 Å². The summed E-state index contributed by atoms with van der Waals surface area (Å²) in [5.74, 6) is 0.851. The van der Waals surface area contributed by atoms with Crippen LogP contribution in [0.4, 0.5) is 4.39 Å². The Kier molecular flexibility index (Phi) is 5.67. The molecule has 0 aliphatic carbocycles. The third-order valence-electron chi connectivity index (χ3n) is 3.66. The molecule has 1 aromatic rings. The highest BCUT2D eigenvalue weighted by atomic mass is 32.2. The van der Waals surface area contributed by atoms with Gasteiger partial charge in [-0.2, -0.15) is 11.8 Å². The number of thioether (sulfide) groups is 1. The SMILES string of the molecule is CCC1CN(CCC(O)c2ccccc2F)CCS1. The lowest BCUT2D eigenvalue weighted by molar-refractivity contribution is 0.139. The standard InChI is InChI=1S/C15H22FNOS/c1-2-12-11-17(9-10-19-12)8-7-15(18)13-5-3-4-6-14(13)16/h3-6,12,15,18H,2,7-11H2,1H3. The summed E-state index contributed by atoms with van der Waals surface area (Å²) in [6.07, 6.45) is 1.09. The number of aliphatic hydroxyl groups is 1. The van der Waals surface area contributed by atoms with Gasteiger partial charge in [-0.05, 0) is 18.9 Å². The molecule has 1 saturated heterocycles. The van der Waals surface area contributed by atoms with E-state index in [4.69, 9.17) is 0 Å². The van der Waals surface area contributed by atoms with Gasteiger partial charge in [0.05, 0.1) is 6.10 Å². The smallest absolute Gasteiger partial charge is 0.128 e. The van der Waals surface area contributed by atoms with Crippen molar-refractivity contribution in [2.24, 2.45) is 0 Å². The lowest BCUT2D eigenvalue weighted by Crippen LogP contribution is -2.38. The first-order valence-corrected chi connectivity index (χ1v) is 8.02. The molecule has 2 unspecified atom stereocenters. The van der Waals surface area contributed by atoms with Gasteiger partial charge in [0.15, 0.2) is 0 Å². The predicted molar refractivity (Wildman–Crippen MR) is 79.0 cm³/mol. The Morgan fingerprint density at radius 2 is 2.26 bits per heavy atom. The Labute approximate surface area is 119 Å². The average Bonchev–Trinajstić information content (AvgIpc) is 2.45. The molecule has 1 heterocycles. The molecule has 1 fully saturated rings. The zero-order valence-corrected chi connectivity index (χ0v) is 12.2. The van der Waals surface area contributed by atoms with Crippen molar-refractivity contribution in [1.29, 1.82) is 0 Å². The lowest BCUT2D eigenvalue weighted by atomic mass is 10.1. The quantitative estimate of drug-likeness (QED) is 0.898. The molecule has 1 aromatic carbocycles. The summed E-state index contributed by atoms with van der Waals surface area (Å²) in [7, 11) is 0. The van der Waals surface area contributed by atoms with Crippen LogP contribution in [0.5, 0.6) is 0 Å². The molecule has 2 rings (SSSR count). The molecule has 1 aliphatic rings. The Morgan fingerprint density at radius 3 is 3.00 bits per heavy atom. The number of hydrogen-bond acceptors (Lipinski definition) is 3. The van der Waals surface area contributed by atoms with Crippen LogP contribution in [0.2, 0.25) is 0 Å². The molecule has 4 heteroatoms. The van der Waals surface area contributed by atoms with Crippen LogP contribution in [0.15, 0.2) is 24.3 Å². The minimum Gasteiger partial charge on any atom is -0.388 e. The van der Waals surface area contributed by atoms with Gasteiger partial charge in [-0.15, -0.1) is 0 Å². The van der Waals surface area contributed by atoms with Gasteiger partial charge in [0.1, 0.15) is 5.82 Å². The average molecular weight is 283 g/mol. The highest BCUT2D eigenvalue weighted by molar-refractivity contribution is 8.00. The maximum Gasteiger partial charge on any atom is 0.128 e. The van der Waals surface area contributed by atoms with Crippen LogP contribution in [-0.2, 0) is 0 Å². The summed E-state index contributed by atoms with van der Waals surface area (Å²) in [6, 6.07) is 6.50. The lowest BCUT2D eigenvalue weighted by Gasteiger charge is -2.32. The fraction of sp³-hybridized carbons (Fsp3) is 0.600. The minimum atomic E-state index is -0.698. The van der Waals surface area contributed by atoms with E-state index >= 15 is 0 Å². The molecular formula is C15H22FNOS. The largest absolute Gasteiger partial charge is 0.388 e. The summed E-state index contributed by atoms with van der Waals surface area (Å²) in [5.41, 5.74) is 0.418. The van der Waals surface area contributed by atoms with E-state index < -0.39 is 6.10 Å². The fourth-order valence-corrected chi connectivity index (χ4v) is 3.69. The zero-order valence-electron chi connectivity index (χ0n) is 11.4. The summed E-state index contributed by atoms with van der Waals surface area (Å²) in [4.78, 5) is 2.38. The van der Waals surface area contributed by atoms with Crippen molar-refractivity contribution >= 4 is 11.8 Å². The van der Waals surface area contributed by atoms with E-state index in [2.05, 4.69) is 11.8 Å². The van der Waals surface area contributed by atoms with Gasteiger partial charge >= 0.3 is 0 Å². The molecule has 1 aliphatic heterocycles. The Balaban J connectivity index is 1.83. The topological polar surface area (TPSA) is 23.5 Å². The molecular weight excluding hydrogens is 261 g/mol. The maximum absolute atomic E-state index is 13.5. The Bertz CT molecular complexity index is 401. The predicted octanol–water partition coefficient (Wildman–Crippen LogP) is 3.08. The number of aliphatic hydroxyl groups excluding tert-OH is 1. The minimum absolute atomic E-state index is 0.310. The molecule has 1 N–H and O–H groups in total. The van der Waals surface area contributed by atoms with E-state index in [9.17, 15) is 9.50 Å². The molecule has 19 heavy (non-hydrogen) atoms. The summed E-state index contributed by atoms with van der Waals surface area (Å²) in [6.45, 7) is 5.22. The second kappa shape index (κ2) is 7.27. The molecule has 2 nitrogen and oxygen atoms in total. The van der Waals surface area contributed by atoms with Gasteiger partial charge < -0.3 is 10.0 Å². The molecule has 0 aromatic heterocycles. The number of benzene rings is 1. The number of halogens is 1. The first-order valence-electron chi connectivity index (χ1n) is 6.97. The summed E-state index contributed by atoms with van der Waals surface area (Å²) < 4.78 is 13.5. The van der Waals surface area contributed by atoms with Gasteiger partial charge in [-0.25, -0.2) is 4.39 Å². The number of hydrogen-bond donors (Lipinski definition) is 1. The molecule has 0 spiro atoms. The Hall–Kier alpha value is -0.580. The Morgan fingerprint density at radius 1 is 1.47 bits per heavy atom. The normalized spacial score (nSPS) is 22.4. The van der Waals surface area contributed by atoms with E-state index in [1.54, 1.807) is 18.2 Å². The highest BCUT2D eigenvalue weighted by Gasteiger charge is 2.20. The maximum atomic E-state index is 13.5. The van der Waals surface area contributed by atoms with Crippen molar-refractivity contribution in [3.8, 4) is 0 Å². The molecule has 0 bridgehead atoms. The van der Waals surface area contributed by atoms with Crippen molar-refractivity contribution in [3.05, 3.63) is 35.6 Å². The van der Waals surface area contributed by atoms with Gasteiger partial charge in [-0.1, -0.05) is 25.1 Å². The summed E-state index contributed by atoms with van der Waals surface area (Å²) >= 11 is 2.04. The van der Waals surface area contributed by atoms with Crippen molar-refractivity contribution < 1.29 is 9.50 Å². The fourth-order valence-electron chi connectivity index (χ4n) is 2.44. The van der Waals surface area contributed by atoms with Gasteiger partial charge in [0.2, 0.25) is 0 Å². The van der Waals surface area contributed by atoms with Gasteiger partial charge in [-0.3, -0.25) is 0 Å². The molecule has 0 saturated carbocycles. The van der Waals surface area contributed by atoms with E-state index in [0.717, 1.165) is 25.4 Å². The van der Waals surface area contributed by atoms with Crippen molar-refractivity contribution in [2.45, 2.75) is 31.1 Å². The first kappa shape index (κ1) is 14.8. The molecule has 2 atom stereocenters. The zero-order chi connectivity index (χ0) is 13.7. The first-order chi connectivity index (χ1) is 9.20. The van der Waals surface area contributed by atoms with Gasteiger partial charge in [0, 0.05) is 36.2 Å². The third-order valence-corrected chi connectivity index (χ3v) is 5.03. The van der Waals surface area contributed by atoms with Crippen LogP contribution in [0, 0.1) is 5.82 Å². The second-order valence-electron chi connectivity index (χ2n) is 5.03. The van der Waals surface area contributed by atoms with Crippen molar-refractivity contribution in [2.75, 3.05) is 25.4 Å². The van der Waals surface area contributed by atoms with E-state index in [-0.39, 0.29) is 5.82 Å². The second-order valence-corrected chi connectivity index (χ2v) is 6.44. The molecule has 0 radical (unpaired) electrons. The number of nitrogens with zero attached hydrogens (tertiary/aromatic N) is 1. The van der Waals surface area contributed by atoms with Crippen LogP contribution < -0.4 is 0 Å². The van der Waals surface area contributed by atoms with Crippen LogP contribution in [0.1, 0.15) is 31.4 Å². The monoisotopic (exact) mass is 283 g/mol. The molecule has 0 amide bonds. The number of rotatable bonds is 5. The van der Waals surface area contributed by atoms with E-state index in [0.29, 0.717) is 17.2 Å². The van der Waals surface area contributed by atoms with E-state index in [1.165, 1.54) is 12.5 Å². The van der Waals surface area contributed by atoms with Crippen LogP contribution in [0.25, 0.3) is 0 Å². The van der Waals surface area contributed by atoms with Crippen LogP contribution in [0.3, 0.4) is 0 Å². The van der Waals surface area contributed by atoms with Crippen LogP contribution in [-0.4, -0.2) is 40.6 Å². The highest BCUT2D eigenvalue weighted by Crippen LogP contribution is 2.24. The van der Waals surface area contributed by atoms with Crippen LogP contribution >= 0.6 is 11.8 Å². The van der Waals surface area contributed by atoms with Crippen molar-refractivity contribution in [3.63, 3.8) is 0 Å². The van der Waals surface area contributed by atoms with E-state index in [1.807, 2.05) is 11.8 Å². The third kappa shape index (κ3) is 4.20. The van der Waals surface area contributed by atoms with Crippen molar-refractivity contribution in [1.82, 2.24) is 4.90 Å². The molecule has 106 valence electrons. The summed E-state index contributed by atoms with van der Waals surface area (Å²) in [5, 5.41) is 10.8.